The summed E-state index contributed by atoms with van der Waals surface area (Å²) >= 11 is 0. The summed E-state index contributed by atoms with van der Waals surface area (Å²) < 4.78 is 27.4. The van der Waals surface area contributed by atoms with Gasteiger partial charge in [0.2, 0.25) is 10.0 Å². The summed E-state index contributed by atoms with van der Waals surface area (Å²) in [6, 6.07) is 15.9. The van der Waals surface area contributed by atoms with Crippen molar-refractivity contribution in [1.29, 1.82) is 0 Å². The maximum absolute atomic E-state index is 12.3. The average molecular weight is 367 g/mol. The summed E-state index contributed by atoms with van der Waals surface area (Å²) in [6.07, 6.45) is 0.989. The molecule has 6 heteroatoms. The number of hydrogen-bond donors (Lipinski definition) is 2. The molecule has 1 aliphatic rings. The van der Waals surface area contributed by atoms with E-state index in [1.165, 1.54) is 11.1 Å². The minimum Gasteiger partial charge on any atom is -0.308 e. The molecule has 24 heavy (non-hydrogen) atoms. The fraction of sp³-hybridized carbons (Fsp3) is 0.333. The second-order valence-corrected chi connectivity index (χ2v) is 7.86. The highest BCUT2D eigenvalue weighted by molar-refractivity contribution is 7.88. The lowest BCUT2D eigenvalue weighted by Gasteiger charge is -2.27. The van der Waals surface area contributed by atoms with Crippen LogP contribution < -0.4 is 10.0 Å². The smallest absolute Gasteiger partial charge is 0.215 e. The van der Waals surface area contributed by atoms with E-state index < -0.39 is 10.0 Å². The zero-order valence-electron chi connectivity index (χ0n) is 13.7. The first-order valence-electron chi connectivity index (χ1n) is 7.87. The highest BCUT2D eigenvalue weighted by Gasteiger charge is 2.21. The van der Waals surface area contributed by atoms with E-state index in [-0.39, 0.29) is 24.2 Å². The van der Waals surface area contributed by atoms with Crippen molar-refractivity contribution in [3.63, 3.8) is 0 Å². The van der Waals surface area contributed by atoms with Crippen LogP contribution in [0.5, 0.6) is 0 Å². The van der Waals surface area contributed by atoms with E-state index in [9.17, 15) is 8.42 Å². The monoisotopic (exact) mass is 366 g/mol. The van der Waals surface area contributed by atoms with Crippen LogP contribution in [-0.4, -0.2) is 21.5 Å². The Kier molecular flexibility index (Phi) is 6.40. The van der Waals surface area contributed by atoms with Crippen LogP contribution in [0.15, 0.2) is 48.5 Å². The van der Waals surface area contributed by atoms with Crippen LogP contribution in [-0.2, 0) is 22.2 Å². The van der Waals surface area contributed by atoms with Gasteiger partial charge < -0.3 is 5.32 Å². The summed E-state index contributed by atoms with van der Waals surface area (Å²) in [6.45, 7) is 3.22. The molecule has 0 saturated carbocycles. The molecule has 1 heterocycles. The third-order valence-corrected chi connectivity index (χ3v) is 5.48. The first kappa shape index (κ1) is 18.9. The average Bonchev–Trinajstić information content (AvgIpc) is 2.52. The Morgan fingerprint density at radius 2 is 1.96 bits per heavy atom. The number of nitrogens with one attached hydrogen (secondary N) is 2. The van der Waals surface area contributed by atoms with Crippen molar-refractivity contribution >= 4 is 22.4 Å². The largest absolute Gasteiger partial charge is 0.308 e. The summed E-state index contributed by atoms with van der Waals surface area (Å²) in [4.78, 5) is 0. The molecule has 0 aliphatic carbocycles. The van der Waals surface area contributed by atoms with Crippen LogP contribution in [0, 0.1) is 6.92 Å². The van der Waals surface area contributed by atoms with Gasteiger partial charge in [0.05, 0.1) is 5.75 Å². The van der Waals surface area contributed by atoms with Crippen LogP contribution in [0.3, 0.4) is 0 Å². The first-order valence-corrected chi connectivity index (χ1v) is 9.53. The Labute approximate surface area is 150 Å². The lowest BCUT2D eigenvalue weighted by molar-refractivity contribution is 0.491. The zero-order chi connectivity index (χ0) is 16.3. The van der Waals surface area contributed by atoms with Crippen molar-refractivity contribution in [1.82, 2.24) is 10.0 Å². The van der Waals surface area contributed by atoms with Gasteiger partial charge in [-0.05, 0) is 36.6 Å². The van der Waals surface area contributed by atoms with Gasteiger partial charge in [0.25, 0.3) is 0 Å². The maximum Gasteiger partial charge on any atom is 0.215 e. The summed E-state index contributed by atoms with van der Waals surface area (Å²) in [5.41, 5.74) is 4.38. The number of benzene rings is 2. The minimum absolute atomic E-state index is 0. The molecule has 1 aliphatic heterocycles. The lowest BCUT2D eigenvalue weighted by atomic mass is 9.95. The molecule has 130 valence electrons. The van der Waals surface area contributed by atoms with Gasteiger partial charge in [-0.1, -0.05) is 54.1 Å². The van der Waals surface area contributed by atoms with Crippen LogP contribution in [0.4, 0.5) is 0 Å². The molecule has 0 bridgehead atoms. The lowest BCUT2D eigenvalue weighted by Crippen LogP contribution is -2.39. The summed E-state index contributed by atoms with van der Waals surface area (Å²) in [7, 11) is -3.34. The van der Waals surface area contributed by atoms with Crippen molar-refractivity contribution in [3.8, 4) is 0 Å². The Morgan fingerprint density at radius 3 is 2.75 bits per heavy atom. The van der Waals surface area contributed by atoms with Crippen LogP contribution in [0.1, 0.15) is 28.3 Å². The second-order valence-electron chi connectivity index (χ2n) is 6.05. The van der Waals surface area contributed by atoms with Gasteiger partial charge in [-0.3, -0.25) is 0 Å². The maximum atomic E-state index is 12.3. The van der Waals surface area contributed by atoms with Gasteiger partial charge in [-0.25, -0.2) is 13.1 Å². The molecule has 2 aromatic carbocycles. The van der Waals surface area contributed by atoms with E-state index in [0.717, 1.165) is 24.1 Å². The molecular formula is C18H23ClN2O2S. The number of fused-ring (bicyclic) bond motifs is 1. The number of aryl methyl sites for hydroxylation is 1. The molecule has 3 rings (SSSR count). The Hall–Kier alpha value is -1.40. The second kappa shape index (κ2) is 8.12. The number of rotatable bonds is 5. The molecule has 0 aromatic heterocycles. The molecule has 2 aromatic rings. The summed E-state index contributed by atoms with van der Waals surface area (Å²) in [5.74, 6) is 0.0169. The zero-order valence-corrected chi connectivity index (χ0v) is 15.3. The third-order valence-electron chi connectivity index (χ3n) is 4.16. The molecule has 4 nitrogen and oxygen atoms in total. The molecule has 1 unspecified atom stereocenters. The van der Waals surface area contributed by atoms with E-state index in [0.29, 0.717) is 6.54 Å². The SMILES string of the molecule is Cc1cccc(CS(=O)(=O)NCC2NCCc3ccccc32)c1.Cl. The van der Waals surface area contributed by atoms with Gasteiger partial charge >= 0.3 is 0 Å². The van der Waals surface area contributed by atoms with E-state index in [4.69, 9.17) is 0 Å². The van der Waals surface area contributed by atoms with Crippen molar-refractivity contribution in [3.05, 3.63) is 70.8 Å². The Morgan fingerprint density at radius 1 is 1.17 bits per heavy atom. The van der Waals surface area contributed by atoms with E-state index in [1.54, 1.807) is 0 Å². The fourth-order valence-electron chi connectivity index (χ4n) is 3.06. The Balaban J connectivity index is 0.00000208. The highest BCUT2D eigenvalue weighted by atomic mass is 35.5. The van der Waals surface area contributed by atoms with Crippen LogP contribution >= 0.6 is 12.4 Å². The number of halogens is 1. The van der Waals surface area contributed by atoms with Crippen molar-refractivity contribution in [2.24, 2.45) is 0 Å². The molecule has 0 radical (unpaired) electrons. The molecule has 0 fully saturated rings. The normalized spacial score (nSPS) is 17.0. The molecular weight excluding hydrogens is 344 g/mol. The summed E-state index contributed by atoms with van der Waals surface area (Å²) in [5, 5.41) is 3.39. The predicted molar refractivity (Wildman–Crippen MR) is 99.9 cm³/mol. The van der Waals surface area contributed by atoms with Gasteiger partial charge in [0.15, 0.2) is 0 Å². The van der Waals surface area contributed by atoms with Gasteiger partial charge in [-0.15, -0.1) is 12.4 Å². The molecule has 1 atom stereocenters. The van der Waals surface area contributed by atoms with Crippen molar-refractivity contribution < 1.29 is 8.42 Å². The standard InChI is InChI=1S/C18H22N2O2S.ClH/c1-14-5-4-6-15(11-14)13-23(21,22)20-12-18-17-8-3-2-7-16(17)9-10-19-18;/h2-8,11,18-20H,9-10,12-13H2,1H3;1H. The molecule has 2 N–H and O–H groups in total. The van der Waals surface area contributed by atoms with E-state index >= 15 is 0 Å². The van der Waals surface area contributed by atoms with Gasteiger partial charge in [0, 0.05) is 12.6 Å². The molecule has 0 amide bonds. The number of sulfonamides is 1. The Bertz CT molecular complexity index is 793. The molecule has 0 saturated heterocycles. The third kappa shape index (κ3) is 4.80. The van der Waals surface area contributed by atoms with E-state index in [2.05, 4.69) is 22.2 Å². The topological polar surface area (TPSA) is 58.2 Å². The van der Waals surface area contributed by atoms with E-state index in [1.807, 2.05) is 43.3 Å². The van der Waals surface area contributed by atoms with Gasteiger partial charge in [-0.2, -0.15) is 0 Å². The number of hydrogen-bond acceptors (Lipinski definition) is 3. The fourth-order valence-corrected chi connectivity index (χ4v) is 4.20. The highest BCUT2D eigenvalue weighted by Crippen LogP contribution is 2.22. The van der Waals surface area contributed by atoms with Crippen LogP contribution in [0.25, 0.3) is 0 Å². The van der Waals surface area contributed by atoms with Crippen molar-refractivity contribution in [2.45, 2.75) is 25.1 Å². The van der Waals surface area contributed by atoms with Crippen molar-refractivity contribution in [2.75, 3.05) is 13.1 Å². The predicted octanol–water partition coefficient (Wildman–Crippen LogP) is 2.72. The minimum atomic E-state index is -3.34. The van der Waals surface area contributed by atoms with Gasteiger partial charge in [0.1, 0.15) is 0 Å². The molecule has 0 spiro atoms. The first-order chi connectivity index (χ1) is 11.0. The van der Waals surface area contributed by atoms with Crippen LogP contribution in [0.2, 0.25) is 0 Å². The quantitative estimate of drug-likeness (QED) is 0.855.